The van der Waals surface area contributed by atoms with Gasteiger partial charge in [-0.15, -0.1) is 0 Å². The van der Waals surface area contributed by atoms with E-state index in [-0.39, 0.29) is 11.8 Å². The van der Waals surface area contributed by atoms with Crippen LogP contribution < -0.4 is 5.79 Å². The van der Waals surface area contributed by atoms with Crippen molar-refractivity contribution in [1.82, 2.24) is 9.80 Å². The fourth-order valence-corrected chi connectivity index (χ4v) is 23.1. The Hall–Kier alpha value is -0.583. The first-order valence-electron chi connectivity index (χ1n) is 29.2. The predicted octanol–water partition coefficient (Wildman–Crippen LogP) is 18.8. The molecule has 2 amide bonds. The maximum absolute atomic E-state index is 15.0. The third kappa shape index (κ3) is 21.1. The van der Waals surface area contributed by atoms with Crippen LogP contribution in [0, 0.1) is 0 Å². The summed E-state index contributed by atoms with van der Waals surface area (Å²) in [5.41, 5.74) is 3.22. The fourth-order valence-electron chi connectivity index (χ4n) is 10.4. The molecule has 8 heteroatoms. The third-order valence-electron chi connectivity index (χ3n) is 14.8. The van der Waals surface area contributed by atoms with Crippen LogP contribution >= 0.6 is 22.7 Å². The van der Waals surface area contributed by atoms with Crippen LogP contribution in [0.25, 0.3) is 11.4 Å². The van der Waals surface area contributed by atoms with E-state index >= 15 is 0 Å². The number of fused-ring (bicyclic) bond motifs is 1. The van der Waals surface area contributed by atoms with Crippen LogP contribution in [-0.4, -0.2) is 71.5 Å². The molecule has 0 saturated carbocycles. The summed E-state index contributed by atoms with van der Waals surface area (Å²) in [6, 6.07) is 9.13. The van der Waals surface area contributed by atoms with Crippen molar-refractivity contribution >= 4 is 88.4 Å². The molecule has 0 aromatic carbocycles. The molecule has 2 aliphatic heterocycles. The minimum absolute atomic E-state index is 0.0640. The van der Waals surface area contributed by atoms with Gasteiger partial charge in [0.05, 0.1) is 0 Å². The molecule has 0 saturated heterocycles. The number of thiophene rings is 2. The molecule has 0 bridgehead atoms. The molecule has 2 aliphatic rings. The van der Waals surface area contributed by atoms with Gasteiger partial charge in [0.2, 0.25) is 0 Å². The van der Waals surface area contributed by atoms with Gasteiger partial charge in [-0.3, -0.25) is 0 Å². The summed E-state index contributed by atoms with van der Waals surface area (Å²) in [6.45, 7) is 5.99. The van der Waals surface area contributed by atoms with Crippen LogP contribution in [0.4, 0.5) is 0 Å². The van der Waals surface area contributed by atoms with Gasteiger partial charge in [-0.2, -0.15) is 0 Å². The molecule has 0 aliphatic carbocycles. The van der Waals surface area contributed by atoms with Crippen LogP contribution in [0.1, 0.15) is 255 Å². The summed E-state index contributed by atoms with van der Waals surface area (Å²) in [7, 11) is 0. The van der Waals surface area contributed by atoms with Gasteiger partial charge in [0.15, 0.2) is 0 Å². The molecule has 68 heavy (non-hydrogen) atoms. The molecule has 4 nitrogen and oxygen atoms in total. The summed E-state index contributed by atoms with van der Waals surface area (Å²) >= 11 is -1.03. The average Bonchev–Trinajstić information content (AvgIpc) is 4.11. The second-order valence-electron chi connectivity index (χ2n) is 23.2. The predicted molar refractivity (Wildman–Crippen MR) is 309 cm³/mol. The van der Waals surface area contributed by atoms with E-state index in [1.54, 1.807) is 0 Å². The van der Waals surface area contributed by atoms with Gasteiger partial charge in [0.1, 0.15) is 0 Å². The Labute approximate surface area is 436 Å². The van der Waals surface area contributed by atoms with E-state index in [9.17, 15) is 9.59 Å². The zero-order chi connectivity index (χ0) is 49.0. The summed E-state index contributed by atoms with van der Waals surface area (Å²) in [5, 5.41) is 0. The summed E-state index contributed by atoms with van der Waals surface area (Å²) < 4.78 is 3.00. The maximum atomic E-state index is 15.0. The van der Waals surface area contributed by atoms with E-state index in [1.165, 1.54) is 211 Å². The topological polar surface area (TPSA) is 40.6 Å². The Morgan fingerprint density at radius 3 is 0.765 bits per heavy atom. The van der Waals surface area contributed by atoms with Crippen molar-refractivity contribution in [3.63, 3.8) is 0 Å². The number of carbonyl (C=O) groups excluding carboxylic acids is 2. The Bertz CT molecular complexity index is 1650. The van der Waals surface area contributed by atoms with Crippen molar-refractivity contribution in [2.75, 3.05) is 13.1 Å². The minimum atomic E-state index is -2.38. The number of unbranched alkanes of at least 4 members (excludes halogenated alkanes) is 34. The number of hydrogen-bond donors (Lipinski definition) is 0. The number of amides is 2. The van der Waals surface area contributed by atoms with Crippen molar-refractivity contribution in [2.45, 2.75) is 275 Å². The number of rotatable bonds is 42. The van der Waals surface area contributed by atoms with E-state index in [1.807, 2.05) is 32.5 Å². The molecular weight excluding hydrogens is 1080 g/mol. The van der Waals surface area contributed by atoms with Crippen molar-refractivity contribution in [3.05, 3.63) is 45.2 Å². The quantitative estimate of drug-likeness (QED) is 0.0491. The van der Waals surface area contributed by atoms with Gasteiger partial charge < -0.3 is 0 Å². The van der Waals surface area contributed by atoms with Crippen molar-refractivity contribution in [1.29, 1.82) is 0 Å². The molecule has 0 fully saturated rings. The van der Waals surface area contributed by atoms with Gasteiger partial charge in [0.25, 0.3) is 0 Å². The van der Waals surface area contributed by atoms with Gasteiger partial charge in [0, 0.05) is 0 Å². The molecule has 4 rings (SSSR count). The average molecular weight is 1190 g/mol. The molecule has 2 aromatic rings. The summed E-state index contributed by atoms with van der Waals surface area (Å²) in [5.74, 6) is 0.128. The number of carbonyl (C=O) groups is 2. The van der Waals surface area contributed by atoms with Gasteiger partial charge in [-0.1, -0.05) is 168 Å². The number of nitrogens with zero attached hydrogens (tertiary/aromatic N) is 2. The third-order valence-corrected chi connectivity index (χ3v) is 36.0. The summed E-state index contributed by atoms with van der Waals surface area (Å²) in [4.78, 5) is 51.1. The van der Waals surface area contributed by atoms with E-state index in [0.717, 1.165) is 46.8 Å². The zero-order valence-electron chi connectivity index (χ0n) is 45.7. The second kappa shape index (κ2) is 34.0. The number of hydrogen-bond acceptors (Lipinski definition) is 4. The summed E-state index contributed by atoms with van der Waals surface area (Å²) in [6.07, 6.45) is 48.6. The molecule has 4 heterocycles. The molecule has 0 atom stereocenters. The van der Waals surface area contributed by atoms with Crippen LogP contribution in [-0.2, 0) is 9.59 Å². The molecular formula is C60H104N2O2S2Sn2. The molecule has 0 radical (unpaired) electrons. The SMILES string of the molecule is CCCCCCCCCCCCCCCCCCCCN1C(=O)C2=C(c3cc[c]([Sn]([CH3])([CH3])[CH3])s3)N(CCCCCCCCCCCCCCCCCCCC)C(=O)C2=C1c1cc[c]([Sn]([CH3])([CH3])[CH3])s1. The van der Waals surface area contributed by atoms with E-state index in [4.69, 9.17) is 0 Å². The van der Waals surface area contributed by atoms with Gasteiger partial charge in [-0.25, -0.2) is 0 Å². The fraction of sp³-hybridized carbons (Fsp3) is 0.767. The molecule has 2 aromatic heterocycles. The molecule has 0 N–H and O–H groups in total. The van der Waals surface area contributed by atoms with Crippen LogP contribution in [0.2, 0.25) is 29.6 Å². The Morgan fingerprint density at radius 1 is 0.338 bits per heavy atom. The monoisotopic (exact) mass is 1190 g/mol. The van der Waals surface area contributed by atoms with Gasteiger partial charge in [-0.05, 0) is 0 Å². The van der Waals surface area contributed by atoms with Crippen molar-refractivity contribution in [3.8, 4) is 0 Å². The first-order chi connectivity index (χ1) is 32.9. The van der Waals surface area contributed by atoms with Crippen molar-refractivity contribution < 1.29 is 9.59 Å². The van der Waals surface area contributed by atoms with E-state index in [0.29, 0.717) is 24.2 Å². The Kier molecular flexibility index (Phi) is 30.0. The zero-order valence-corrected chi connectivity index (χ0v) is 53.0. The first-order valence-corrected chi connectivity index (χ1v) is 50.8. The van der Waals surface area contributed by atoms with Crippen LogP contribution in [0.15, 0.2) is 35.4 Å². The van der Waals surface area contributed by atoms with E-state index in [2.05, 4.69) is 67.8 Å². The first kappa shape index (κ1) is 60.0. The van der Waals surface area contributed by atoms with Gasteiger partial charge >= 0.3 is 273 Å². The van der Waals surface area contributed by atoms with E-state index < -0.39 is 36.8 Å². The normalized spacial score (nSPS) is 14.5. The Balaban J connectivity index is 1.29. The molecule has 386 valence electrons. The second-order valence-corrected chi connectivity index (χ2v) is 56.2. The van der Waals surface area contributed by atoms with Crippen LogP contribution in [0.5, 0.6) is 0 Å². The van der Waals surface area contributed by atoms with Crippen molar-refractivity contribution in [2.24, 2.45) is 0 Å². The molecule has 0 spiro atoms. The van der Waals surface area contributed by atoms with Crippen LogP contribution in [0.3, 0.4) is 0 Å². The Morgan fingerprint density at radius 2 is 0.559 bits per heavy atom. The molecule has 0 unspecified atom stereocenters. The standard InChI is InChI=1S/C54H86N2O2S2.6CH3.2Sn/c1-3-5-7-9-11-13-15-17-19-21-23-25-27-29-31-33-35-37-43-55-51(47-41-39-45-59-47)49-50(53(55)57)52(48-42-40-46-60-48)56(54(49)58)44-38-36-34-32-30-28-26-24-22-20-18-16-14-12-10-8-6-4-2;;;;;;;;/h39-42H,3-38,43-44H2,1-2H3;6*1H3;;.